The number of nitrogens with zero attached hydrogens (tertiary/aromatic N) is 2. The summed E-state index contributed by atoms with van der Waals surface area (Å²) in [4.78, 5) is 6.89. The molecule has 1 aromatic rings. The highest BCUT2D eigenvalue weighted by molar-refractivity contribution is 7.07. The Labute approximate surface area is 134 Å². The predicted molar refractivity (Wildman–Crippen MR) is 91.7 cm³/mol. The van der Waals surface area contributed by atoms with Crippen LogP contribution in [0.25, 0.3) is 0 Å². The average molecular weight is 310 g/mol. The van der Waals surface area contributed by atoms with Gasteiger partial charge in [-0.25, -0.2) is 4.98 Å². The van der Waals surface area contributed by atoms with E-state index in [4.69, 9.17) is 0 Å². The largest absolute Gasteiger partial charge is 0.314 e. The standard InChI is InChI=1S/C17H31N3S/c1-14(2)18-11-17(7-5-6-15(3)8-17)12-20(4)9-16-10-21-13-19-16/h10,13-15,18H,5-9,11-12H2,1-4H3. The summed E-state index contributed by atoms with van der Waals surface area (Å²) in [5.41, 5.74) is 3.58. The van der Waals surface area contributed by atoms with E-state index in [-0.39, 0.29) is 0 Å². The normalized spacial score (nSPS) is 26.7. The molecule has 0 amide bonds. The van der Waals surface area contributed by atoms with Crippen molar-refractivity contribution in [2.75, 3.05) is 20.1 Å². The molecule has 1 heterocycles. The summed E-state index contributed by atoms with van der Waals surface area (Å²) in [6.45, 7) is 10.2. The molecule has 0 saturated heterocycles. The fourth-order valence-corrected chi connectivity index (χ4v) is 4.32. The van der Waals surface area contributed by atoms with E-state index in [0.717, 1.165) is 19.0 Å². The minimum atomic E-state index is 0.437. The van der Waals surface area contributed by atoms with Crippen LogP contribution in [0.3, 0.4) is 0 Å². The Morgan fingerprint density at radius 2 is 2.33 bits per heavy atom. The number of aromatic nitrogens is 1. The van der Waals surface area contributed by atoms with Crippen LogP contribution in [0.4, 0.5) is 0 Å². The van der Waals surface area contributed by atoms with Crippen molar-refractivity contribution in [3.63, 3.8) is 0 Å². The molecule has 21 heavy (non-hydrogen) atoms. The van der Waals surface area contributed by atoms with Gasteiger partial charge in [-0.2, -0.15) is 0 Å². The predicted octanol–water partition coefficient (Wildman–Crippen LogP) is 3.77. The van der Waals surface area contributed by atoms with Crippen LogP contribution in [0, 0.1) is 11.3 Å². The number of rotatable bonds is 7. The van der Waals surface area contributed by atoms with Gasteiger partial charge in [-0.05, 0) is 31.2 Å². The first kappa shape index (κ1) is 16.9. The highest BCUT2D eigenvalue weighted by Crippen LogP contribution is 2.39. The van der Waals surface area contributed by atoms with E-state index in [1.165, 1.54) is 37.9 Å². The summed E-state index contributed by atoms with van der Waals surface area (Å²) in [6, 6.07) is 0.572. The van der Waals surface area contributed by atoms with Gasteiger partial charge in [0.05, 0.1) is 11.2 Å². The van der Waals surface area contributed by atoms with Crippen LogP contribution in [-0.4, -0.2) is 36.1 Å². The lowest BCUT2D eigenvalue weighted by atomic mass is 9.69. The van der Waals surface area contributed by atoms with Crippen LogP contribution in [0.5, 0.6) is 0 Å². The van der Waals surface area contributed by atoms with Crippen LogP contribution in [0.1, 0.15) is 52.1 Å². The summed E-state index contributed by atoms with van der Waals surface area (Å²) in [5.74, 6) is 0.861. The van der Waals surface area contributed by atoms with Crippen molar-refractivity contribution in [1.82, 2.24) is 15.2 Å². The Balaban J connectivity index is 1.97. The molecule has 1 N–H and O–H groups in total. The molecule has 2 atom stereocenters. The summed E-state index contributed by atoms with van der Waals surface area (Å²) in [7, 11) is 2.25. The summed E-state index contributed by atoms with van der Waals surface area (Å²) in [5, 5.41) is 5.87. The van der Waals surface area contributed by atoms with Crippen LogP contribution in [0.2, 0.25) is 0 Å². The zero-order chi connectivity index (χ0) is 15.3. The molecule has 1 aliphatic carbocycles. The highest BCUT2D eigenvalue weighted by Gasteiger charge is 2.35. The smallest absolute Gasteiger partial charge is 0.0795 e. The summed E-state index contributed by atoms with van der Waals surface area (Å²) >= 11 is 1.69. The third-order valence-electron chi connectivity index (χ3n) is 4.59. The van der Waals surface area contributed by atoms with Crippen molar-refractivity contribution in [2.24, 2.45) is 11.3 Å². The van der Waals surface area contributed by atoms with Gasteiger partial charge in [-0.15, -0.1) is 11.3 Å². The Hall–Kier alpha value is -0.450. The van der Waals surface area contributed by atoms with Gasteiger partial charge in [0.2, 0.25) is 0 Å². The van der Waals surface area contributed by atoms with Crippen molar-refractivity contribution in [3.8, 4) is 0 Å². The molecule has 2 rings (SSSR count). The average Bonchev–Trinajstić information content (AvgIpc) is 2.89. The molecule has 1 fully saturated rings. The maximum atomic E-state index is 4.42. The van der Waals surface area contributed by atoms with Gasteiger partial charge in [0.15, 0.2) is 0 Å². The second kappa shape index (κ2) is 7.70. The summed E-state index contributed by atoms with van der Waals surface area (Å²) in [6.07, 6.45) is 5.50. The van der Waals surface area contributed by atoms with Crippen molar-refractivity contribution < 1.29 is 0 Å². The molecule has 1 aromatic heterocycles. The fourth-order valence-electron chi connectivity index (χ4n) is 3.77. The van der Waals surface area contributed by atoms with E-state index in [1.54, 1.807) is 11.3 Å². The SMILES string of the molecule is CC1CCCC(CNC(C)C)(CN(C)Cc2cscn2)C1. The van der Waals surface area contributed by atoms with Gasteiger partial charge in [0, 0.05) is 31.1 Å². The number of hydrogen-bond acceptors (Lipinski definition) is 4. The van der Waals surface area contributed by atoms with Gasteiger partial charge >= 0.3 is 0 Å². The van der Waals surface area contributed by atoms with Crippen LogP contribution >= 0.6 is 11.3 Å². The lowest BCUT2D eigenvalue weighted by Crippen LogP contribution is -2.47. The first-order chi connectivity index (χ1) is 9.99. The first-order valence-electron chi connectivity index (χ1n) is 8.28. The molecule has 0 radical (unpaired) electrons. The topological polar surface area (TPSA) is 28.2 Å². The minimum absolute atomic E-state index is 0.437. The molecule has 1 saturated carbocycles. The zero-order valence-corrected chi connectivity index (χ0v) is 14.9. The first-order valence-corrected chi connectivity index (χ1v) is 9.22. The Bertz CT molecular complexity index is 404. The molecule has 1 aliphatic rings. The van der Waals surface area contributed by atoms with E-state index < -0.39 is 0 Å². The number of hydrogen-bond donors (Lipinski definition) is 1. The molecule has 4 heteroatoms. The molecule has 0 spiro atoms. The van der Waals surface area contributed by atoms with Crippen LogP contribution in [0.15, 0.2) is 10.9 Å². The zero-order valence-electron chi connectivity index (χ0n) is 14.1. The molecule has 0 bridgehead atoms. The second-order valence-corrected chi connectivity index (χ2v) is 8.11. The van der Waals surface area contributed by atoms with E-state index in [2.05, 4.69) is 48.4 Å². The second-order valence-electron chi connectivity index (χ2n) is 7.39. The van der Waals surface area contributed by atoms with Gasteiger partial charge in [0.25, 0.3) is 0 Å². The monoisotopic (exact) mass is 309 g/mol. The van der Waals surface area contributed by atoms with Crippen molar-refractivity contribution in [1.29, 1.82) is 0 Å². The van der Waals surface area contributed by atoms with Gasteiger partial charge < -0.3 is 5.32 Å². The number of nitrogens with one attached hydrogen (secondary N) is 1. The lowest BCUT2D eigenvalue weighted by molar-refractivity contribution is 0.0864. The molecular formula is C17H31N3S. The van der Waals surface area contributed by atoms with E-state index in [1.807, 2.05) is 5.51 Å². The van der Waals surface area contributed by atoms with Gasteiger partial charge in [0.1, 0.15) is 0 Å². The quantitative estimate of drug-likeness (QED) is 0.831. The third-order valence-corrected chi connectivity index (χ3v) is 5.23. The van der Waals surface area contributed by atoms with Gasteiger partial charge in [-0.3, -0.25) is 4.90 Å². The van der Waals surface area contributed by atoms with E-state index >= 15 is 0 Å². The molecule has 2 unspecified atom stereocenters. The molecule has 120 valence electrons. The molecule has 0 aliphatic heterocycles. The molecule has 3 nitrogen and oxygen atoms in total. The molecular weight excluding hydrogens is 278 g/mol. The van der Waals surface area contributed by atoms with Crippen LogP contribution in [-0.2, 0) is 6.54 Å². The van der Waals surface area contributed by atoms with Gasteiger partial charge in [-0.1, -0.05) is 33.6 Å². The van der Waals surface area contributed by atoms with Crippen molar-refractivity contribution in [3.05, 3.63) is 16.6 Å². The third kappa shape index (κ3) is 5.35. The van der Waals surface area contributed by atoms with Crippen molar-refractivity contribution in [2.45, 2.75) is 59.0 Å². The lowest BCUT2D eigenvalue weighted by Gasteiger charge is -2.43. The fraction of sp³-hybridized carbons (Fsp3) is 0.824. The Kier molecular flexibility index (Phi) is 6.20. The Morgan fingerprint density at radius 1 is 1.52 bits per heavy atom. The maximum absolute atomic E-state index is 4.42. The Morgan fingerprint density at radius 3 is 2.95 bits per heavy atom. The van der Waals surface area contributed by atoms with Crippen molar-refractivity contribution >= 4 is 11.3 Å². The highest BCUT2D eigenvalue weighted by atomic mass is 32.1. The van der Waals surface area contributed by atoms with Crippen LogP contribution < -0.4 is 5.32 Å². The van der Waals surface area contributed by atoms with E-state index in [9.17, 15) is 0 Å². The minimum Gasteiger partial charge on any atom is -0.314 e. The summed E-state index contributed by atoms with van der Waals surface area (Å²) < 4.78 is 0. The maximum Gasteiger partial charge on any atom is 0.0795 e. The number of thiazole rings is 1. The van der Waals surface area contributed by atoms with E-state index in [0.29, 0.717) is 11.5 Å². The molecule has 0 aromatic carbocycles.